The predicted octanol–water partition coefficient (Wildman–Crippen LogP) is 2.78. The Hall–Kier alpha value is -1.62. The van der Waals surface area contributed by atoms with Crippen molar-refractivity contribution >= 4 is 6.09 Å². The summed E-state index contributed by atoms with van der Waals surface area (Å²) < 4.78 is 5.26. The summed E-state index contributed by atoms with van der Waals surface area (Å²) >= 11 is 0. The fraction of sp³-hybridized carbons (Fsp3) is 0.625. The second kappa shape index (κ2) is 6.89. The van der Waals surface area contributed by atoms with Crippen LogP contribution in [0.5, 0.6) is 0 Å². The highest BCUT2D eigenvalue weighted by Gasteiger charge is 2.24. The Morgan fingerprint density at radius 3 is 2.43 bits per heavy atom. The third-order valence-corrected chi connectivity index (χ3v) is 2.69. The third kappa shape index (κ3) is 7.66. The zero-order valence-corrected chi connectivity index (χ0v) is 13.9. The van der Waals surface area contributed by atoms with Gasteiger partial charge in [0.1, 0.15) is 5.60 Å². The van der Waals surface area contributed by atoms with Crippen molar-refractivity contribution in [2.75, 3.05) is 6.54 Å². The standard InChI is InChI=1S/C16H27N3O2/c1-12-7-8-13(18-9-12)10-17-11-16(5,6)19-14(20)21-15(2,3)4/h7-9,17H,10-11H2,1-6H3,(H,19,20). The molecule has 0 bridgehead atoms. The molecule has 0 aliphatic heterocycles. The number of rotatable bonds is 5. The normalized spacial score (nSPS) is 12.1. The van der Waals surface area contributed by atoms with Crippen LogP contribution in [-0.2, 0) is 11.3 Å². The lowest BCUT2D eigenvalue weighted by molar-refractivity contribution is 0.0472. The maximum atomic E-state index is 11.8. The molecule has 1 aromatic heterocycles. The van der Waals surface area contributed by atoms with Gasteiger partial charge in [-0.25, -0.2) is 4.79 Å². The highest BCUT2D eigenvalue weighted by atomic mass is 16.6. The SMILES string of the molecule is Cc1ccc(CNCC(C)(C)NC(=O)OC(C)(C)C)nc1. The molecule has 0 saturated heterocycles. The number of carbonyl (C=O) groups is 1. The topological polar surface area (TPSA) is 63.2 Å². The fourth-order valence-electron chi connectivity index (χ4n) is 1.73. The van der Waals surface area contributed by atoms with Gasteiger partial charge >= 0.3 is 6.09 Å². The van der Waals surface area contributed by atoms with E-state index in [1.807, 2.05) is 59.9 Å². The minimum absolute atomic E-state index is 0.396. The number of amides is 1. The monoisotopic (exact) mass is 293 g/mol. The molecule has 118 valence electrons. The molecule has 0 aromatic carbocycles. The molecule has 1 heterocycles. The highest BCUT2D eigenvalue weighted by Crippen LogP contribution is 2.09. The summed E-state index contributed by atoms with van der Waals surface area (Å²) in [4.78, 5) is 16.1. The lowest BCUT2D eigenvalue weighted by atomic mass is 10.1. The van der Waals surface area contributed by atoms with Crippen molar-refractivity contribution in [1.82, 2.24) is 15.6 Å². The molecule has 1 aromatic rings. The summed E-state index contributed by atoms with van der Waals surface area (Å²) in [6.07, 6.45) is 1.45. The summed E-state index contributed by atoms with van der Waals surface area (Å²) in [5.74, 6) is 0. The van der Waals surface area contributed by atoms with Gasteiger partial charge in [0, 0.05) is 19.3 Å². The Kier molecular flexibility index (Phi) is 5.72. The van der Waals surface area contributed by atoms with E-state index in [9.17, 15) is 4.79 Å². The maximum Gasteiger partial charge on any atom is 0.408 e. The number of aryl methyl sites for hydroxylation is 1. The van der Waals surface area contributed by atoms with E-state index in [1.165, 1.54) is 0 Å². The van der Waals surface area contributed by atoms with Crippen LogP contribution in [0.1, 0.15) is 45.9 Å². The number of aromatic nitrogens is 1. The largest absolute Gasteiger partial charge is 0.444 e. The van der Waals surface area contributed by atoms with E-state index >= 15 is 0 Å². The van der Waals surface area contributed by atoms with Crippen LogP contribution in [0.25, 0.3) is 0 Å². The van der Waals surface area contributed by atoms with Crippen LogP contribution < -0.4 is 10.6 Å². The Labute approximate surface area is 127 Å². The minimum Gasteiger partial charge on any atom is -0.444 e. The quantitative estimate of drug-likeness (QED) is 0.876. The molecule has 0 fully saturated rings. The van der Waals surface area contributed by atoms with E-state index < -0.39 is 17.2 Å². The molecule has 5 heteroatoms. The van der Waals surface area contributed by atoms with E-state index in [2.05, 4.69) is 15.6 Å². The number of ether oxygens (including phenoxy) is 1. The number of carbonyl (C=O) groups excluding carboxylic acids is 1. The molecule has 0 saturated carbocycles. The summed E-state index contributed by atoms with van der Waals surface area (Å²) in [6.45, 7) is 12.8. The van der Waals surface area contributed by atoms with Gasteiger partial charge in [0.05, 0.1) is 11.2 Å². The highest BCUT2D eigenvalue weighted by molar-refractivity contribution is 5.68. The van der Waals surface area contributed by atoms with Gasteiger partial charge in [0.2, 0.25) is 0 Å². The predicted molar refractivity (Wildman–Crippen MR) is 84.1 cm³/mol. The van der Waals surface area contributed by atoms with Crippen molar-refractivity contribution in [2.24, 2.45) is 0 Å². The van der Waals surface area contributed by atoms with Crippen molar-refractivity contribution < 1.29 is 9.53 Å². The first-order valence-corrected chi connectivity index (χ1v) is 7.21. The molecule has 0 aliphatic rings. The number of hydrogen-bond acceptors (Lipinski definition) is 4. The molecule has 21 heavy (non-hydrogen) atoms. The number of alkyl carbamates (subject to hydrolysis) is 1. The Bertz CT molecular complexity index is 461. The van der Waals surface area contributed by atoms with Crippen LogP contribution >= 0.6 is 0 Å². The van der Waals surface area contributed by atoms with Crippen LogP contribution in [0, 0.1) is 6.92 Å². The number of nitrogens with zero attached hydrogens (tertiary/aromatic N) is 1. The average molecular weight is 293 g/mol. The molecule has 1 amide bonds. The van der Waals surface area contributed by atoms with Gasteiger partial charge in [-0.05, 0) is 53.2 Å². The zero-order valence-electron chi connectivity index (χ0n) is 13.9. The Balaban J connectivity index is 2.38. The molecule has 5 nitrogen and oxygen atoms in total. The molecule has 0 radical (unpaired) electrons. The molecular formula is C16H27N3O2. The van der Waals surface area contributed by atoms with Gasteiger partial charge in [-0.2, -0.15) is 0 Å². The van der Waals surface area contributed by atoms with Crippen molar-refractivity contribution in [3.63, 3.8) is 0 Å². The van der Waals surface area contributed by atoms with Crippen molar-refractivity contribution in [1.29, 1.82) is 0 Å². The summed E-state index contributed by atoms with van der Waals surface area (Å²) in [5.41, 5.74) is 1.24. The molecule has 0 unspecified atom stereocenters. The van der Waals surface area contributed by atoms with Crippen LogP contribution in [0.15, 0.2) is 18.3 Å². The van der Waals surface area contributed by atoms with Gasteiger partial charge < -0.3 is 15.4 Å². The van der Waals surface area contributed by atoms with E-state index in [1.54, 1.807) is 0 Å². The molecule has 0 atom stereocenters. The summed E-state index contributed by atoms with van der Waals surface area (Å²) in [6, 6.07) is 4.03. The second-order valence-corrected chi connectivity index (χ2v) is 6.94. The molecular weight excluding hydrogens is 266 g/mol. The average Bonchev–Trinajstić information content (AvgIpc) is 2.28. The second-order valence-electron chi connectivity index (χ2n) is 6.94. The molecule has 1 rings (SSSR count). The zero-order chi connectivity index (χ0) is 16.1. The van der Waals surface area contributed by atoms with E-state index in [-0.39, 0.29) is 0 Å². The van der Waals surface area contributed by atoms with Crippen LogP contribution in [0.2, 0.25) is 0 Å². The summed E-state index contributed by atoms with van der Waals surface area (Å²) in [5, 5.41) is 6.16. The third-order valence-electron chi connectivity index (χ3n) is 2.69. The van der Waals surface area contributed by atoms with Gasteiger partial charge in [-0.3, -0.25) is 4.98 Å². The molecule has 2 N–H and O–H groups in total. The van der Waals surface area contributed by atoms with Crippen LogP contribution in [0.3, 0.4) is 0 Å². The number of pyridine rings is 1. The van der Waals surface area contributed by atoms with E-state index in [4.69, 9.17) is 4.74 Å². The Morgan fingerprint density at radius 1 is 1.24 bits per heavy atom. The van der Waals surface area contributed by atoms with Crippen LogP contribution in [0.4, 0.5) is 4.79 Å². The number of nitrogens with one attached hydrogen (secondary N) is 2. The lowest BCUT2D eigenvalue weighted by Gasteiger charge is -2.28. The first-order chi connectivity index (χ1) is 9.57. The van der Waals surface area contributed by atoms with E-state index in [0.29, 0.717) is 13.1 Å². The lowest BCUT2D eigenvalue weighted by Crippen LogP contribution is -2.51. The Morgan fingerprint density at radius 2 is 1.90 bits per heavy atom. The van der Waals surface area contributed by atoms with Crippen LogP contribution in [-0.4, -0.2) is 28.8 Å². The number of hydrogen-bond donors (Lipinski definition) is 2. The van der Waals surface area contributed by atoms with Gasteiger partial charge in [0.15, 0.2) is 0 Å². The van der Waals surface area contributed by atoms with Gasteiger partial charge in [-0.1, -0.05) is 6.07 Å². The first kappa shape index (κ1) is 17.4. The van der Waals surface area contributed by atoms with Crippen molar-refractivity contribution in [3.05, 3.63) is 29.6 Å². The van der Waals surface area contributed by atoms with Crippen molar-refractivity contribution in [2.45, 2.75) is 59.2 Å². The van der Waals surface area contributed by atoms with Crippen molar-refractivity contribution in [3.8, 4) is 0 Å². The maximum absolute atomic E-state index is 11.8. The summed E-state index contributed by atoms with van der Waals surface area (Å²) in [7, 11) is 0. The minimum atomic E-state index is -0.487. The van der Waals surface area contributed by atoms with E-state index in [0.717, 1.165) is 11.3 Å². The first-order valence-electron chi connectivity index (χ1n) is 7.21. The van der Waals surface area contributed by atoms with Gasteiger partial charge in [-0.15, -0.1) is 0 Å². The fourth-order valence-corrected chi connectivity index (χ4v) is 1.73. The van der Waals surface area contributed by atoms with Gasteiger partial charge in [0.25, 0.3) is 0 Å². The smallest absolute Gasteiger partial charge is 0.408 e. The molecule has 0 aliphatic carbocycles. The molecule has 0 spiro atoms.